The number of Topliss-reactive ketones (excluding diaryl/α,β-unsaturated/α-hetero) is 1. The lowest BCUT2D eigenvalue weighted by Crippen LogP contribution is -2.27. The highest BCUT2D eigenvalue weighted by Gasteiger charge is 2.42. The number of ether oxygens (including phenoxy) is 1. The van der Waals surface area contributed by atoms with E-state index in [0.29, 0.717) is 10.6 Å². The molecule has 0 fully saturated rings. The highest BCUT2D eigenvalue weighted by molar-refractivity contribution is 6.48. The van der Waals surface area contributed by atoms with E-state index < -0.39 is 29.1 Å². The summed E-state index contributed by atoms with van der Waals surface area (Å²) in [4.78, 5) is 33.4. The Morgan fingerprint density at radius 3 is 2.40 bits per heavy atom. The average Bonchev–Trinajstić information content (AvgIpc) is 3.14. The van der Waals surface area contributed by atoms with Gasteiger partial charge in [0.1, 0.15) is 11.4 Å². The molecular weight excluding hydrogens is 485 g/mol. The second kappa shape index (κ2) is 9.75. The average molecular weight is 503 g/mol. The molecule has 0 saturated heterocycles. The summed E-state index contributed by atoms with van der Waals surface area (Å²) in [5, 5.41) is 2.52. The number of fused-ring (bicyclic) bond motifs is 1. The molecule has 0 saturated carbocycles. The Morgan fingerprint density at radius 1 is 1.09 bits per heavy atom. The zero-order valence-electron chi connectivity index (χ0n) is 18.3. The van der Waals surface area contributed by atoms with Gasteiger partial charge in [0.2, 0.25) is 5.95 Å². The van der Waals surface area contributed by atoms with E-state index in [2.05, 4.69) is 15.3 Å². The van der Waals surface area contributed by atoms with E-state index in [1.165, 1.54) is 36.7 Å². The summed E-state index contributed by atoms with van der Waals surface area (Å²) < 4.78 is 49.7. The molecule has 4 rings (SSSR count). The van der Waals surface area contributed by atoms with Crippen molar-refractivity contribution in [3.8, 4) is 5.75 Å². The van der Waals surface area contributed by atoms with Crippen LogP contribution in [0.25, 0.3) is 10.9 Å². The molecule has 2 aromatic carbocycles. The Hall–Kier alpha value is -3.92. The molecule has 4 aromatic rings. The maximum absolute atomic E-state index is 14.4. The topological polar surface area (TPSA) is 86.1 Å². The molecule has 0 aliphatic carbocycles. The number of hydrogen-bond donors (Lipinski definition) is 1. The monoisotopic (exact) mass is 502 g/mol. The molecule has 35 heavy (non-hydrogen) atoms. The predicted molar refractivity (Wildman–Crippen MR) is 124 cm³/mol. The molecule has 0 aliphatic rings. The minimum atomic E-state index is -4.95. The predicted octanol–water partition coefficient (Wildman–Crippen LogP) is 5.37. The van der Waals surface area contributed by atoms with E-state index in [0.717, 1.165) is 4.57 Å². The number of anilines is 1. The smallest absolute Gasteiger partial charge is 0.432 e. The van der Waals surface area contributed by atoms with Crippen molar-refractivity contribution in [2.24, 2.45) is 0 Å². The van der Waals surface area contributed by atoms with Crippen LogP contribution in [0.2, 0.25) is 5.02 Å². The van der Waals surface area contributed by atoms with Gasteiger partial charge >= 0.3 is 6.18 Å². The van der Waals surface area contributed by atoms with Gasteiger partial charge in [-0.05, 0) is 48.9 Å². The van der Waals surface area contributed by atoms with Gasteiger partial charge < -0.3 is 9.30 Å². The summed E-state index contributed by atoms with van der Waals surface area (Å²) in [7, 11) is 0. The Kier molecular flexibility index (Phi) is 6.74. The van der Waals surface area contributed by atoms with E-state index in [1.807, 2.05) is 0 Å². The molecular formula is C24H18ClF3N4O3. The maximum Gasteiger partial charge on any atom is 0.432 e. The fraction of sp³-hybridized carbons (Fsp3) is 0.167. The highest BCUT2D eigenvalue weighted by atomic mass is 35.5. The van der Waals surface area contributed by atoms with Crippen LogP contribution in [0.4, 0.5) is 19.1 Å². The van der Waals surface area contributed by atoms with Gasteiger partial charge in [0.15, 0.2) is 0 Å². The third kappa shape index (κ3) is 5.12. The number of amides is 1. The first-order valence-electron chi connectivity index (χ1n) is 10.4. The van der Waals surface area contributed by atoms with Crippen molar-refractivity contribution >= 4 is 40.1 Å². The number of nitrogens with zero attached hydrogens (tertiary/aromatic N) is 3. The van der Waals surface area contributed by atoms with Crippen molar-refractivity contribution < 1.29 is 27.5 Å². The lowest BCUT2D eigenvalue weighted by atomic mass is 10.0. The van der Waals surface area contributed by atoms with Gasteiger partial charge in [-0.1, -0.05) is 23.7 Å². The van der Waals surface area contributed by atoms with E-state index in [1.54, 1.807) is 31.2 Å². The summed E-state index contributed by atoms with van der Waals surface area (Å²) in [5.74, 6) is -2.62. The van der Waals surface area contributed by atoms with Crippen molar-refractivity contribution in [2.45, 2.75) is 19.6 Å². The third-order valence-corrected chi connectivity index (χ3v) is 5.34. The second-order valence-electron chi connectivity index (χ2n) is 7.40. The van der Waals surface area contributed by atoms with Crippen molar-refractivity contribution in [2.75, 3.05) is 11.9 Å². The number of hydrogen-bond acceptors (Lipinski definition) is 5. The van der Waals surface area contributed by atoms with Gasteiger partial charge in [0, 0.05) is 34.9 Å². The minimum Gasteiger partial charge on any atom is -0.494 e. The van der Waals surface area contributed by atoms with Gasteiger partial charge in [-0.3, -0.25) is 14.9 Å². The number of benzene rings is 2. The molecule has 0 unspecified atom stereocenters. The first kappa shape index (κ1) is 24.2. The molecule has 0 radical (unpaired) electrons. The zero-order chi connectivity index (χ0) is 25.2. The highest BCUT2D eigenvalue weighted by Crippen LogP contribution is 2.40. The largest absolute Gasteiger partial charge is 0.494 e. The Morgan fingerprint density at radius 2 is 1.77 bits per heavy atom. The van der Waals surface area contributed by atoms with Crippen LogP contribution >= 0.6 is 11.6 Å². The summed E-state index contributed by atoms with van der Waals surface area (Å²) in [6, 6.07) is 12.0. The summed E-state index contributed by atoms with van der Waals surface area (Å²) in [6.45, 7) is 1.77. The Bertz CT molecular complexity index is 1390. The Labute approximate surface area is 202 Å². The first-order valence-corrected chi connectivity index (χ1v) is 10.8. The second-order valence-corrected chi connectivity index (χ2v) is 7.84. The van der Waals surface area contributed by atoms with Crippen LogP contribution in [-0.4, -0.2) is 32.8 Å². The van der Waals surface area contributed by atoms with E-state index >= 15 is 0 Å². The maximum atomic E-state index is 14.4. The van der Waals surface area contributed by atoms with Crippen molar-refractivity contribution in [3.05, 3.63) is 82.8 Å². The zero-order valence-corrected chi connectivity index (χ0v) is 19.0. The van der Waals surface area contributed by atoms with E-state index in [9.17, 15) is 22.8 Å². The standard InChI is InChI=1S/C24H18ClF3N4O3/c1-2-35-16-8-9-18-17(12-16)19(20(33)22(34)31-23-29-10-3-11-30-23)21(24(26,27)28)32(18)13-14-4-6-15(25)7-5-14/h3-12H,2,13H2,1H3,(H,29,30,31,34). The molecule has 180 valence electrons. The number of carbonyl (C=O) groups excluding carboxylic acids is 2. The van der Waals surface area contributed by atoms with Gasteiger partial charge in [-0.2, -0.15) is 13.2 Å². The number of halogens is 4. The number of rotatable bonds is 7. The molecule has 0 atom stereocenters. The number of carbonyl (C=O) groups is 2. The molecule has 1 N–H and O–H groups in total. The summed E-state index contributed by atoms with van der Waals surface area (Å²) in [6.07, 6.45) is -2.31. The summed E-state index contributed by atoms with van der Waals surface area (Å²) >= 11 is 5.91. The van der Waals surface area contributed by atoms with Crippen LogP contribution in [-0.2, 0) is 17.5 Å². The van der Waals surface area contributed by atoms with Crippen molar-refractivity contribution in [1.29, 1.82) is 0 Å². The van der Waals surface area contributed by atoms with Crippen LogP contribution in [0.15, 0.2) is 60.9 Å². The molecule has 0 aliphatic heterocycles. The number of nitrogens with one attached hydrogen (secondary N) is 1. The SMILES string of the molecule is CCOc1ccc2c(c1)c(C(=O)C(=O)Nc1ncccn1)c(C(F)(F)F)n2Cc1ccc(Cl)cc1. The van der Waals surface area contributed by atoms with Crippen LogP contribution in [0.5, 0.6) is 5.75 Å². The van der Waals surface area contributed by atoms with Gasteiger partial charge in [0.25, 0.3) is 11.7 Å². The van der Waals surface area contributed by atoms with Crippen molar-refractivity contribution in [1.82, 2.24) is 14.5 Å². The number of ketones is 1. The molecule has 1 amide bonds. The number of alkyl halides is 3. The third-order valence-electron chi connectivity index (χ3n) is 5.09. The first-order chi connectivity index (χ1) is 16.7. The molecule has 11 heteroatoms. The van der Waals surface area contributed by atoms with Gasteiger partial charge in [-0.15, -0.1) is 0 Å². The molecule has 2 heterocycles. The van der Waals surface area contributed by atoms with Gasteiger partial charge in [0.05, 0.1) is 12.2 Å². The minimum absolute atomic E-state index is 0.0635. The Balaban J connectivity index is 1.91. The fourth-order valence-corrected chi connectivity index (χ4v) is 3.81. The molecule has 0 spiro atoms. The fourth-order valence-electron chi connectivity index (χ4n) is 3.69. The van der Waals surface area contributed by atoms with E-state index in [-0.39, 0.29) is 35.8 Å². The number of aromatic nitrogens is 3. The van der Waals surface area contributed by atoms with Crippen LogP contribution in [0.1, 0.15) is 28.5 Å². The summed E-state index contributed by atoms with van der Waals surface area (Å²) in [5.41, 5.74) is -1.39. The van der Waals surface area contributed by atoms with Crippen molar-refractivity contribution in [3.63, 3.8) is 0 Å². The lowest BCUT2D eigenvalue weighted by Gasteiger charge is -2.15. The lowest BCUT2D eigenvalue weighted by molar-refractivity contribution is -0.143. The van der Waals surface area contributed by atoms with Gasteiger partial charge in [-0.25, -0.2) is 9.97 Å². The van der Waals surface area contributed by atoms with Crippen LogP contribution in [0.3, 0.4) is 0 Å². The normalized spacial score (nSPS) is 11.5. The molecule has 0 bridgehead atoms. The molecule has 7 nitrogen and oxygen atoms in total. The van der Waals surface area contributed by atoms with Crippen LogP contribution < -0.4 is 10.1 Å². The quantitative estimate of drug-likeness (QED) is 0.271. The van der Waals surface area contributed by atoms with Crippen LogP contribution in [0, 0.1) is 0 Å². The van der Waals surface area contributed by atoms with E-state index in [4.69, 9.17) is 16.3 Å². The molecule has 2 aromatic heterocycles.